The van der Waals surface area contributed by atoms with Crippen molar-refractivity contribution in [3.8, 4) is 5.88 Å². The number of hydrogen-bond donors (Lipinski definition) is 2. The van der Waals surface area contributed by atoms with Gasteiger partial charge in [0.25, 0.3) is 0 Å². The molecule has 1 aromatic heterocycles. The third-order valence-corrected chi connectivity index (χ3v) is 5.33. The lowest BCUT2D eigenvalue weighted by Crippen LogP contribution is -2.48. The fourth-order valence-electron chi connectivity index (χ4n) is 3.61. The van der Waals surface area contributed by atoms with Crippen LogP contribution in [0.1, 0.15) is 44.2 Å². The van der Waals surface area contributed by atoms with Crippen LogP contribution in [0.2, 0.25) is 0 Å². The van der Waals surface area contributed by atoms with Crippen molar-refractivity contribution in [2.24, 2.45) is 4.99 Å². The molecule has 6 nitrogen and oxygen atoms in total. The maximum Gasteiger partial charge on any atom is 0.213 e. The minimum atomic E-state index is -0.802. The molecule has 0 unspecified atom stereocenters. The Morgan fingerprint density at radius 2 is 1.91 bits per heavy atom. The molecule has 3 rings (SSSR count). The molecule has 1 fully saturated rings. The van der Waals surface area contributed by atoms with Gasteiger partial charge in [0.15, 0.2) is 17.6 Å². The van der Waals surface area contributed by atoms with E-state index >= 15 is 0 Å². The second kappa shape index (κ2) is 12.3. The van der Waals surface area contributed by atoms with Crippen LogP contribution < -0.4 is 15.4 Å². The first kappa shape index (κ1) is 23.9. The first-order chi connectivity index (χ1) is 15.6. The highest BCUT2D eigenvalue weighted by atomic mass is 19.2. The lowest BCUT2D eigenvalue weighted by molar-refractivity contribution is 0.198. The number of ether oxygens (including phenoxy) is 1. The summed E-state index contributed by atoms with van der Waals surface area (Å²) in [4.78, 5) is 11.3. The van der Waals surface area contributed by atoms with Crippen LogP contribution >= 0.6 is 0 Å². The fourth-order valence-corrected chi connectivity index (χ4v) is 3.61. The number of piperidine rings is 1. The maximum absolute atomic E-state index is 13.4. The summed E-state index contributed by atoms with van der Waals surface area (Å²) in [5, 5.41) is 6.83. The Hall–Kier alpha value is -2.74. The van der Waals surface area contributed by atoms with E-state index in [4.69, 9.17) is 9.73 Å². The largest absolute Gasteiger partial charge is 0.478 e. The van der Waals surface area contributed by atoms with Crippen molar-refractivity contribution < 1.29 is 13.5 Å². The molecule has 0 atom stereocenters. The molecule has 32 heavy (non-hydrogen) atoms. The van der Waals surface area contributed by atoms with Gasteiger partial charge in [-0.25, -0.2) is 18.8 Å². The standard InChI is InChI=1S/C24H33F2N5O/c1-3-13-32-23-8-6-19(15-28-23)16-29-24(27-4-2)30-20-9-11-31(12-10-20)17-18-5-7-21(25)22(26)14-18/h5-8,14-15,20H,3-4,9-13,16-17H2,1-2H3,(H2,27,29,30). The first-order valence-electron chi connectivity index (χ1n) is 11.4. The second-order valence-electron chi connectivity index (χ2n) is 7.99. The van der Waals surface area contributed by atoms with Crippen molar-refractivity contribution in [2.45, 2.75) is 52.2 Å². The number of halogens is 2. The van der Waals surface area contributed by atoms with Crippen molar-refractivity contribution in [1.82, 2.24) is 20.5 Å². The van der Waals surface area contributed by atoms with Gasteiger partial charge in [-0.2, -0.15) is 0 Å². The Bertz CT molecular complexity index is 867. The van der Waals surface area contributed by atoms with Crippen molar-refractivity contribution >= 4 is 5.96 Å². The predicted octanol–water partition coefficient (Wildman–Crippen LogP) is 3.87. The van der Waals surface area contributed by atoms with E-state index in [9.17, 15) is 8.78 Å². The molecule has 0 aliphatic carbocycles. The normalized spacial score (nSPS) is 15.6. The number of aromatic nitrogens is 1. The molecule has 8 heteroatoms. The van der Waals surface area contributed by atoms with Gasteiger partial charge >= 0.3 is 0 Å². The number of benzene rings is 1. The summed E-state index contributed by atoms with van der Waals surface area (Å²) < 4.78 is 32.1. The van der Waals surface area contributed by atoms with E-state index < -0.39 is 11.6 Å². The summed E-state index contributed by atoms with van der Waals surface area (Å²) in [5.74, 6) is -0.162. The molecule has 0 amide bonds. The van der Waals surface area contributed by atoms with E-state index in [2.05, 4.69) is 27.4 Å². The Morgan fingerprint density at radius 1 is 1.12 bits per heavy atom. The number of nitrogens with one attached hydrogen (secondary N) is 2. The van der Waals surface area contributed by atoms with E-state index in [1.54, 1.807) is 12.3 Å². The van der Waals surface area contributed by atoms with Crippen LogP contribution in [-0.2, 0) is 13.1 Å². The van der Waals surface area contributed by atoms with Crippen molar-refractivity contribution in [3.63, 3.8) is 0 Å². The summed E-state index contributed by atoms with van der Waals surface area (Å²) in [6.07, 6.45) is 4.67. The quantitative estimate of drug-likeness (QED) is 0.453. The predicted molar refractivity (Wildman–Crippen MR) is 123 cm³/mol. The van der Waals surface area contributed by atoms with Gasteiger partial charge in [0.2, 0.25) is 5.88 Å². The lowest BCUT2D eigenvalue weighted by Gasteiger charge is -2.33. The van der Waals surface area contributed by atoms with E-state index in [1.807, 2.05) is 19.1 Å². The van der Waals surface area contributed by atoms with Gasteiger partial charge in [-0.05, 0) is 49.4 Å². The molecule has 2 N–H and O–H groups in total. The lowest BCUT2D eigenvalue weighted by atomic mass is 10.0. The maximum atomic E-state index is 13.4. The first-order valence-corrected chi connectivity index (χ1v) is 11.4. The number of nitrogens with zero attached hydrogens (tertiary/aromatic N) is 3. The van der Waals surface area contributed by atoms with Crippen LogP contribution in [0, 0.1) is 11.6 Å². The van der Waals surface area contributed by atoms with Crippen LogP contribution in [0.15, 0.2) is 41.5 Å². The zero-order valence-electron chi connectivity index (χ0n) is 18.9. The molecule has 1 aliphatic rings. The minimum absolute atomic E-state index is 0.317. The smallest absolute Gasteiger partial charge is 0.213 e. The molecule has 1 aromatic carbocycles. The molecule has 0 spiro atoms. The molecule has 1 saturated heterocycles. The van der Waals surface area contributed by atoms with Crippen LogP contribution in [0.25, 0.3) is 0 Å². The van der Waals surface area contributed by atoms with Gasteiger partial charge in [0, 0.05) is 44.5 Å². The summed E-state index contributed by atoms with van der Waals surface area (Å²) in [6, 6.07) is 8.31. The molecule has 1 aliphatic heterocycles. The Morgan fingerprint density at radius 3 is 2.56 bits per heavy atom. The van der Waals surface area contributed by atoms with Gasteiger partial charge in [-0.3, -0.25) is 4.90 Å². The molecule has 0 bridgehead atoms. The van der Waals surface area contributed by atoms with E-state index in [0.717, 1.165) is 56.0 Å². The fraction of sp³-hybridized carbons (Fsp3) is 0.500. The number of likely N-dealkylation sites (tertiary alicyclic amines) is 1. The highest BCUT2D eigenvalue weighted by Gasteiger charge is 2.20. The van der Waals surface area contributed by atoms with Gasteiger partial charge < -0.3 is 15.4 Å². The number of aliphatic imine (C=N–C) groups is 1. The molecule has 2 aromatic rings. The summed E-state index contributed by atoms with van der Waals surface area (Å²) in [6.45, 7) is 8.49. The Labute approximate surface area is 189 Å². The summed E-state index contributed by atoms with van der Waals surface area (Å²) in [5.41, 5.74) is 1.82. The van der Waals surface area contributed by atoms with Gasteiger partial charge in [-0.15, -0.1) is 0 Å². The monoisotopic (exact) mass is 445 g/mol. The van der Waals surface area contributed by atoms with Crippen LogP contribution in [0.4, 0.5) is 8.78 Å². The number of hydrogen-bond acceptors (Lipinski definition) is 4. The Balaban J connectivity index is 1.48. The SMILES string of the molecule is CCCOc1ccc(CN=C(NCC)NC2CCN(Cc3ccc(F)c(F)c3)CC2)cn1. The number of guanidine groups is 1. The average Bonchev–Trinajstić information content (AvgIpc) is 2.80. The highest BCUT2D eigenvalue weighted by Crippen LogP contribution is 2.16. The zero-order valence-corrected chi connectivity index (χ0v) is 18.9. The van der Waals surface area contributed by atoms with Crippen molar-refractivity contribution in [3.05, 3.63) is 59.3 Å². The molecule has 0 saturated carbocycles. The van der Waals surface area contributed by atoms with Crippen molar-refractivity contribution in [2.75, 3.05) is 26.2 Å². The average molecular weight is 446 g/mol. The van der Waals surface area contributed by atoms with Crippen LogP contribution in [0.3, 0.4) is 0 Å². The second-order valence-corrected chi connectivity index (χ2v) is 7.99. The summed E-state index contributed by atoms with van der Waals surface area (Å²) in [7, 11) is 0. The number of pyridine rings is 1. The van der Waals surface area contributed by atoms with E-state index in [1.165, 1.54) is 12.1 Å². The van der Waals surface area contributed by atoms with Crippen molar-refractivity contribution in [1.29, 1.82) is 0 Å². The van der Waals surface area contributed by atoms with Crippen LogP contribution in [-0.4, -0.2) is 48.1 Å². The van der Waals surface area contributed by atoms with E-state index in [-0.39, 0.29) is 0 Å². The number of rotatable bonds is 9. The van der Waals surface area contributed by atoms with Gasteiger partial charge in [0.1, 0.15) is 0 Å². The third-order valence-electron chi connectivity index (χ3n) is 5.33. The van der Waals surface area contributed by atoms with Gasteiger partial charge in [-0.1, -0.05) is 19.1 Å². The molecule has 0 radical (unpaired) electrons. The Kier molecular flexibility index (Phi) is 9.22. The molecule has 174 valence electrons. The summed E-state index contributed by atoms with van der Waals surface area (Å²) >= 11 is 0. The molecular weight excluding hydrogens is 412 g/mol. The highest BCUT2D eigenvalue weighted by molar-refractivity contribution is 5.80. The van der Waals surface area contributed by atoms with Gasteiger partial charge in [0.05, 0.1) is 13.2 Å². The molecular formula is C24H33F2N5O. The minimum Gasteiger partial charge on any atom is -0.478 e. The van der Waals surface area contributed by atoms with E-state index in [0.29, 0.717) is 31.6 Å². The zero-order chi connectivity index (χ0) is 22.8. The molecule has 2 heterocycles. The third kappa shape index (κ3) is 7.44. The van der Waals surface area contributed by atoms with Crippen LogP contribution in [0.5, 0.6) is 5.88 Å². The topological polar surface area (TPSA) is 61.8 Å².